The van der Waals surface area contributed by atoms with E-state index in [2.05, 4.69) is 10.3 Å². The average Bonchev–Trinajstić information content (AvgIpc) is 3.06. The largest absolute Gasteiger partial charge is 0.419 e. The molecule has 7 nitrogen and oxygen atoms in total. The minimum absolute atomic E-state index is 0.309. The molecule has 1 saturated carbocycles. The van der Waals surface area contributed by atoms with E-state index in [4.69, 9.17) is 23.0 Å². The van der Waals surface area contributed by atoms with Crippen molar-refractivity contribution in [3.63, 3.8) is 0 Å². The molecule has 2 amide bonds. The van der Waals surface area contributed by atoms with Crippen molar-refractivity contribution >= 4 is 40.5 Å². The van der Waals surface area contributed by atoms with Gasteiger partial charge in [0.2, 0.25) is 0 Å². The van der Waals surface area contributed by atoms with Crippen LogP contribution in [0.25, 0.3) is 0 Å². The van der Waals surface area contributed by atoms with Gasteiger partial charge in [-0.1, -0.05) is 0 Å². The summed E-state index contributed by atoms with van der Waals surface area (Å²) in [6.45, 7) is 0. The zero-order valence-corrected chi connectivity index (χ0v) is 17.4. The summed E-state index contributed by atoms with van der Waals surface area (Å²) in [6.07, 6.45) is -10.3. The van der Waals surface area contributed by atoms with Gasteiger partial charge in [-0.05, 0) is 55.7 Å². The predicted molar refractivity (Wildman–Crippen MR) is 113 cm³/mol. The van der Waals surface area contributed by atoms with Crippen LogP contribution in [0.15, 0.2) is 30.5 Å². The topological polar surface area (TPSA) is 89.3 Å². The number of aromatic nitrogens is 1. The molecule has 0 radical (unpaired) electrons. The number of nitrogens with one attached hydrogen (secondary N) is 1. The van der Waals surface area contributed by atoms with Gasteiger partial charge in [0, 0.05) is 18.2 Å². The molecule has 1 aromatic carbocycles. The highest BCUT2D eigenvalue weighted by Crippen LogP contribution is 2.48. The molecular weight excluding hydrogens is 462 g/mol. The first-order chi connectivity index (χ1) is 17.0. The van der Waals surface area contributed by atoms with Gasteiger partial charge in [-0.2, -0.15) is 18.4 Å². The van der Waals surface area contributed by atoms with E-state index in [9.17, 15) is 27.2 Å². The van der Waals surface area contributed by atoms with E-state index in [1.807, 2.05) is 0 Å². The van der Waals surface area contributed by atoms with E-state index < -0.39 is 76.1 Å². The number of carbonyl (C=O) groups is 2. The Kier molecular flexibility index (Phi) is 4.22. The summed E-state index contributed by atoms with van der Waals surface area (Å²) in [7, 11) is 1.26. The molecule has 12 heteroatoms. The lowest BCUT2D eigenvalue weighted by Crippen LogP contribution is -2.55. The molecule has 2 aromatic rings. The van der Waals surface area contributed by atoms with Crippen LogP contribution in [0.3, 0.4) is 0 Å². The van der Waals surface area contributed by atoms with Crippen molar-refractivity contribution < 1.29 is 32.6 Å². The quantitative estimate of drug-likeness (QED) is 0.533. The number of nitrogens with zero attached hydrogens (tertiary/aromatic N) is 4. The number of benzene rings is 1. The van der Waals surface area contributed by atoms with Gasteiger partial charge in [0.1, 0.15) is 17.4 Å². The Labute approximate surface area is 196 Å². The number of halogens is 4. The molecule has 170 valence electrons. The number of anilines is 2. The van der Waals surface area contributed by atoms with Crippen LogP contribution in [-0.4, -0.2) is 34.5 Å². The van der Waals surface area contributed by atoms with Crippen LogP contribution in [0.2, 0.25) is 0 Å². The van der Waals surface area contributed by atoms with Gasteiger partial charge < -0.3 is 10.2 Å². The summed E-state index contributed by atoms with van der Waals surface area (Å²) >= 11 is 5.33. The molecular formula is C21H15F4N5O2S. The number of hydrogen-bond donors (Lipinski definition) is 1. The number of thiocarbonyl (C=S) groups is 1. The van der Waals surface area contributed by atoms with Gasteiger partial charge >= 0.3 is 6.18 Å². The third kappa shape index (κ3) is 3.39. The predicted octanol–water partition coefficient (Wildman–Crippen LogP) is 3.53. The highest BCUT2D eigenvalue weighted by Gasteiger charge is 2.59. The number of alkyl halides is 3. The first-order valence-corrected chi connectivity index (χ1v) is 9.63. The first kappa shape index (κ1) is 17.9. The second-order valence-corrected chi connectivity index (χ2v) is 7.31. The van der Waals surface area contributed by atoms with E-state index in [0.717, 1.165) is 29.3 Å². The number of rotatable bonds is 3. The fraction of sp³-hybridized carbons (Fsp3) is 0.286. The lowest BCUT2D eigenvalue weighted by molar-refractivity contribution is -0.138. The zero-order chi connectivity index (χ0) is 27.7. The van der Waals surface area contributed by atoms with Gasteiger partial charge in [-0.15, -0.1) is 0 Å². The lowest BCUT2D eigenvalue weighted by atomic mass is 9.75. The number of carbonyl (C=O) groups excluding carboxylic acids is 2. The standard InChI is InChI=1S/C21H15F4N5O2S/c1-27-17(31)13-4-3-11(8-15(13)22)30-19(33)29(18(32)20(30)5-2-6-20)12-7-14(21(23,24)25)16(9-26)28-10-12/h3-4,7-8,10H,2,5-6H2,1H3,(H,27,31)/i5D2,6D2. The Hall–Kier alpha value is -3.59. The summed E-state index contributed by atoms with van der Waals surface area (Å²) in [4.78, 5) is 30.3. The van der Waals surface area contributed by atoms with Crippen LogP contribution in [0.4, 0.5) is 28.9 Å². The number of pyridine rings is 1. The van der Waals surface area contributed by atoms with Gasteiger partial charge in [0.05, 0.1) is 23.0 Å². The Bertz CT molecular complexity index is 1400. The molecule has 2 aliphatic rings. The van der Waals surface area contributed by atoms with E-state index in [1.165, 1.54) is 13.1 Å². The van der Waals surface area contributed by atoms with Crippen molar-refractivity contribution in [3.05, 3.63) is 53.1 Å². The summed E-state index contributed by atoms with van der Waals surface area (Å²) in [5, 5.41) is 10.6. The monoisotopic (exact) mass is 481 g/mol. The molecule has 1 aliphatic carbocycles. The first-order valence-electron chi connectivity index (χ1n) is 11.2. The Morgan fingerprint density at radius 1 is 1.33 bits per heavy atom. The van der Waals surface area contributed by atoms with Gasteiger partial charge in [0.25, 0.3) is 11.8 Å². The van der Waals surface area contributed by atoms with E-state index in [0.29, 0.717) is 11.0 Å². The smallest absolute Gasteiger partial charge is 0.355 e. The summed E-state index contributed by atoms with van der Waals surface area (Å²) in [6, 6.07) is 4.59. The molecule has 0 bridgehead atoms. The van der Waals surface area contributed by atoms with Crippen LogP contribution in [0, 0.1) is 17.1 Å². The normalized spacial score (nSPS) is 22.1. The van der Waals surface area contributed by atoms with Crippen molar-refractivity contribution in [3.8, 4) is 6.07 Å². The molecule has 0 atom stereocenters. The second-order valence-electron chi connectivity index (χ2n) is 6.94. The van der Waals surface area contributed by atoms with Crippen LogP contribution in [0.1, 0.15) is 46.3 Å². The summed E-state index contributed by atoms with van der Waals surface area (Å²) in [5.41, 5.74) is -6.50. The van der Waals surface area contributed by atoms with Crippen LogP contribution in [-0.2, 0) is 11.0 Å². The highest BCUT2D eigenvalue weighted by atomic mass is 32.1. The molecule has 33 heavy (non-hydrogen) atoms. The maximum atomic E-state index is 14.8. The molecule has 1 aliphatic heterocycles. The fourth-order valence-corrected chi connectivity index (χ4v) is 3.96. The Balaban J connectivity index is 1.95. The molecule has 1 saturated heterocycles. The van der Waals surface area contributed by atoms with Gasteiger partial charge in [-0.3, -0.25) is 14.5 Å². The molecule has 2 fully saturated rings. The molecule has 1 spiro atoms. The summed E-state index contributed by atoms with van der Waals surface area (Å²) < 4.78 is 89.1. The molecule has 1 N–H and O–H groups in total. The Morgan fingerprint density at radius 3 is 2.58 bits per heavy atom. The number of nitriles is 1. The minimum Gasteiger partial charge on any atom is -0.355 e. The lowest BCUT2D eigenvalue weighted by Gasteiger charge is -2.43. The van der Waals surface area contributed by atoms with Crippen molar-refractivity contribution in [1.29, 1.82) is 5.26 Å². The van der Waals surface area contributed by atoms with Crippen molar-refractivity contribution in [1.82, 2.24) is 10.3 Å². The van der Waals surface area contributed by atoms with E-state index >= 15 is 0 Å². The van der Waals surface area contributed by atoms with Crippen molar-refractivity contribution in [2.24, 2.45) is 0 Å². The third-order valence-corrected chi connectivity index (χ3v) is 5.51. The third-order valence-electron chi connectivity index (χ3n) is 5.14. The van der Waals surface area contributed by atoms with E-state index in [-0.39, 0.29) is 5.69 Å². The zero-order valence-electron chi connectivity index (χ0n) is 20.6. The van der Waals surface area contributed by atoms with Crippen LogP contribution >= 0.6 is 12.2 Å². The van der Waals surface area contributed by atoms with Crippen molar-refractivity contribution in [2.45, 2.75) is 30.9 Å². The van der Waals surface area contributed by atoms with Crippen LogP contribution in [0.5, 0.6) is 0 Å². The molecule has 1 aromatic heterocycles. The summed E-state index contributed by atoms with van der Waals surface area (Å²) in [5.74, 6) is -3.23. The van der Waals surface area contributed by atoms with Gasteiger partial charge in [-0.25, -0.2) is 9.37 Å². The van der Waals surface area contributed by atoms with Crippen LogP contribution < -0.4 is 15.1 Å². The minimum atomic E-state index is -5.05. The second kappa shape index (κ2) is 7.77. The molecule has 2 heterocycles. The highest BCUT2D eigenvalue weighted by molar-refractivity contribution is 7.81. The van der Waals surface area contributed by atoms with Crippen molar-refractivity contribution in [2.75, 3.05) is 16.8 Å². The molecule has 4 rings (SSSR count). The number of hydrogen-bond acceptors (Lipinski definition) is 5. The fourth-order valence-electron chi connectivity index (χ4n) is 3.53. The van der Waals surface area contributed by atoms with E-state index in [1.54, 1.807) is 0 Å². The Morgan fingerprint density at radius 2 is 2.03 bits per heavy atom. The average molecular weight is 481 g/mol. The SMILES string of the molecule is [2H]C1([2H])CC([2H])([2H])C12C(=O)N(c1cnc(C#N)c(C(F)(F)F)c1)C(=S)N2c1ccc(C(=O)NC)c(F)c1. The van der Waals surface area contributed by atoms with Gasteiger partial charge in [0.15, 0.2) is 10.8 Å². The molecule has 0 unspecified atom stereocenters. The maximum Gasteiger partial charge on any atom is 0.419 e. The maximum absolute atomic E-state index is 14.8. The number of amides is 2.